The van der Waals surface area contributed by atoms with E-state index in [4.69, 9.17) is 10.2 Å². The molecule has 0 bridgehead atoms. The predicted molar refractivity (Wildman–Crippen MR) is 36.4 cm³/mol. The van der Waals surface area contributed by atoms with Gasteiger partial charge in [-0.2, -0.15) is 0 Å². The van der Waals surface area contributed by atoms with Crippen molar-refractivity contribution in [3.8, 4) is 0 Å². The zero-order chi connectivity index (χ0) is 8.27. The second-order valence-corrected chi connectivity index (χ2v) is 2.48. The van der Waals surface area contributed by atoms with E-state index >= 15 is 0 Å². The Morgan fingerprint density at radius 3 is 2.91 bits per heavy atom. The molecule has 1 heterocycles. The number of aliphatic hydroxyl groups is 1. The maximum absolute atomic E-state index is 10.1. The summed E-state index contributed by atoms with van der Waals surface area (Å²) in [5.41, 5.74) is 0. The summed E-state index contributed by atoms with van der Waals surface area (Å²) in [6.45, 7) is 1.09. The van der Waals surface area contributed by atoms with Crippen molar-refractivity contribution in [3.63, 3.8) is 0 Å². The second-order valence-electron chi connectivity index (χ2n) is 2.48. The molecule has 1 saturated heterocycles. The molecule has 5 nitrogen and oxygen atoms in total. The third-order valence-electron chi connectivity index (χ3n) is 1.64. The lowest BCUT2D eigenvalue weighted by molar-refractivity contribution is -0.0320. The highest BCUT2D eigenvalue weighted by Crippen LogP contribution is 2.07. The number of β-amino-alcohol motifs (C(OH)–C–C–N with tert-alkyl or cyclic N) is 1. The molecule has 1 fully saturated rings. The summed E-state index contributed by atoms with van der Waals surface area (Å²) in [5, 5.41) is 20.3. The summed E-state index contributed by atoms with van der Waals surface area (Å²) in [5.74, 6) is 0. The average molecular weight is 161 g/mol. The van der Waals surface area contributed by atoms with Crippen molar-refractivity contribution in [1.29, 1.82) is 0 Å². The molecule has 0 unspecified atom stereocenters. The van der Waals surface area contributed by atoms with Crippen LogP contribution in [-0.2, 0) is 4.74 Å². The molecule has 2 atom stereocenters. The van der Waals surface area contributed by atoms with Crippen LogP contribution in [0.2, 0.25) is 0 Å². The Balaban J connectivity index is 2.35. The molecule has 1 rings (SSSR count). The Labute approximate surface area is 64.0 Å². The Kier molecular flexibility index (Phi) is 2.67. The quantitative estimate of drug-likeness (QED) is 0.448. The second kappa shape index (κ2) is 3.54. The molecule has 0 saturated carbocycles. The third-order valence-corrected chi connectivity index (χ3v) is 1.64. The number of hydrogen-bond acceptors (Lipinski definition) is 4. The van der Waals surface area contributed by atoms with Crippen LogP contribution in [0.25, 0.3) is 0 Å². The van der Waals surface area contributed by atoms with Crippen molar-refractivity contribution in [3.05, 3.63) is 0 Å². The fourth-order valence-electron chi connectivity index (χ4n) is 1.09. The van der Waals surface area contributed by atoms with Gasteiger partial charge in [0, 0.05) is 6.54 Å². The first-order chi connectivity index (χ1) is 5.20. The first-order valence-corrected chi connectivity index (χ1v) is 3.48. The molecular formula is C6H11NO4. The molecule has 0 amide bonds. The lowest BCUT2D eigenvalue weighted by Gasteiger charge is -2.26. The smallest absolute Gasteiger partial charge is 0.450 e. The van der Waals surface area contributed by atoms with E-state index in [9.17, 15) is 4.79 Å². The fourth-order valence-corrected chi connectivity index (χ4v) is 1.09. The minimum absolute atomic E-state index is 0.401. The minimum atomic E-state index is -1.32. The molecule has 5 heteroatoms. The molecule has 0 spiro atoms. The van der Waals surface area contributed by atoms with E-state index in [1.54, 1.807) is 0 Å². The number of aliphatic hydroxyl groups excluding tert-OH is 1. The van der Waals surface area contributed by atoms with E-state index in [0.717, 1.165) is 0 Å². The topological polar surface area (TPSA) is 78.8 Å². The molecule has 3 N–H and O–H groups in total. The molecule has 0 aromatic heterocycles. The molecule has 0 radical (unpaired) electrons. The number of piperidine rings is 1. The van der Waals surface area contributed by atoms with Crippen molar-refractivity contribution >= 4 is 6.16 Å². The van der Waals surface area contributed by atoms with Crippen LogP contribution in [-0.4, -0.2) is 41.7 Å². The summed E-state index contributed by atoms with van der Waals surface area (Å²) < 4.78 is 4.43. The van der Waals surface area contributed by atoms with Crippen LogP contribution in [0.15, 0.2) is 0 Å². The number of carboxylic acid groups (broad SMARTS) is 1. The van der Waals surface area contributed by atoms with Gasteiger partial charge in [-0.25, -0.2) is 4.79 Å². The lowest BCUT2D eigenvalue weighted by Crippen LogP contribution is -2.45. The Hall–Kier alpha value is -0.810. The number of carbonyl (C=O) groups is 1. The van der Waals surface area contributed by atoms with Gasteiger partial charge in [0.2, 0.25) is 0 Å². The number of hydrogen-bond donors (Lipinski definition) is 3. The van der Waals surface area contributed by atoms with Crippen molar-refractivity contribution in [2.75, 3.05) is 13.1 Å². The van der Waals surface area contributed by atoms with Gasteiger partial charge in [0.1, 0.15) is 12.2 Å². The lowest BCUT2D eigenvalue weighted by atomic mass is 10.1. The van der Waals surface area contributed by atoms with Crippen molar-refractivity contribution < 1.29 is 19.7 Å². The van der Waals surface area contributed by atoms with Crippen LogP contribution >= 0.6 is 0 Å². The zero-order valence-corrected chi connectivity index (χ0v) is 5.99. The molecule has 1 aliphatic heterocycles. The first-order valence-electron chi connectivity index (χ1n) is 3.48. The molecular weight excluding hydrogens is 150 g/mol. The summed E-state index contributed by atoms with van der Waals surface area (Å²) in [4.78, 5) is 10.1. The van der Waals surface area contributed by atoms with E-state index < -0.39 is 18.4 Å². The average Bonchev–Trinajstić information content (AvgIpc) is 1.93. The van der Waals surface area contributed by atoms with Gasteiger partial charge in [-0.3, -0.25) is 0 Å². The fraction of sp³-hybridized carbons (Fsp3) is 0.833. The Morgan fingerprint density at radius 2 is 2.36 bits per heavy atom. The van der Waals surface area contributed by atoms with Gasteiger partial charge in [0.05, 0.1) is 0 Å². The molecule has 11 heavy (non-hydrogen) atoms. The third kappa shape index (κ3) is 2.36. The SMILES string of the molecule is O=C(O)O[C@H]1CCNC[C@@H]1O. The molecule has 0 aromatic rings. The standard InChI is InChI=1S/C6H11NO4/c8-4-3-7-2-1-5(4)11-6(9)10/h4-5,7-8H,1-3H2,(H,9,10)/t4-,5-/m0/s1. The van der Waals surface area contributed by atoms with E-state index in [2.05, 4.69) is 10.1 Å². The van der Waals surface area contributed by atoms with Crippen LogP contribution in [0.5, 0.6) is 0 Å². The van der Waals surface area contributed by atoms with Crippen LogP contribution < -0.4 is 5.32 Å². The normalized spacial score (nSPS) is 31.4. The summed E-state index contributed by atoms with van der Waals surface area (Å²) >= 11 is 0. The highest BCUT2D eigenvalue weighted by atomic mass is 16.7. The van der Waals surface area contributed by atoms with Gasteiger partial charge in [0.25, 0.3) is 0 Å². The molecule has 64 valence electrons. The summed E-state index contributed by atoms with van der Waals surface area (Å²) in [7, 11) is 0. The van der Waals surface area contributed by atoms with Crippen molar-refractivity contribution in [2.45, 2.75) is 18.6 Å². The number of nitrogens with one attached hydrogen (secondary N) is 1. The molecule has 0 aliphatic carbocycles. The van der Waals surface area contributed by atoms with Crippen molar-refractivity contribution in [2.24, 2.45) is 0 Å². The Morgan fingerprint density at radius 1 is 1.64 bits per heavy atom. The maximum atomic E-state index is 10.1. The highest BCUT2D eigenvalue weighted by molar-refractivity contribution is 5.57. The molecule has 1 aliphatic rings. The minimum Gasteiger partial charge on any atom is -0.450 e. The Bertz CT molecular complexity index is 150. The molecule has 0 aromatic carbocycles. The van der Waals surface area contributed by atoms with Gasteiger partial charge >= 0.3 is 6.16 Å². The van der Waals surface area contributed by atoms with Gasteiger partial charge in [0.15, 0.2) is 0 Å². The predicted octanol–water partition coefficient (Wildman–Crippen LogP) is -0.596. The van der Waals surface area contributed by atoms with Gasteiger partial charge in [-0.1, -0.05) is 0 Å². The van der Waals surface area contributed by atoms with Crippen LogP contribution in [0.3, 0.4) is 0 Å². The van der Waals surface area contributed by atoms with Gasteiger partial charge in [-0.05, 0) is 13.0 Å². The van der Waals surface area contributed by atoms with Crippen LogP contribution in [0.4, 0.5) is 4.79 Å². The summed E-state index contributed by atoms with van der Waals surface area (Å²) in [6.07, 6.45) is -2.06. The maximum Gasteiger partial charge on any atom is 0.506 e. The van der Waals surface area contributed by atoms with E-state index in [-0.39, 0.29) is 0 Å². The van der Waals surface area contributed by atoms with Crippen molar-refractivity contribution in [1.82, 2.24) is 5.32 Å². The summed E-state index contributed by atoms with van der Waals surface area (Å²) in [6, 6.07) is 0. The van der Waals surface area contributed by atoms with Crippen LogP contribution in [0.1, 0.15) is 6.42 Å². The van der Waals surface area contributed by atoms with E-state index in [1.165, 1.54) is 0 Å². The zero-order valence-electron chi connectivity index (χ0n) is 5.99. The highest BCUT2D eigenvalue weighted by Gasteiger charge is 2.25. The first kappa shape index (κ1) is 8.29. The monoisotopic (exact) mass is 161 g/mol. The number of rotatable bonds is 1. The van der Waals surface area contributed by atoms with Gasteiger partial charge in [-0.15, -0.1) is 0 Å². The van der Waals surface area contributed by atoms with Crippen LogP contribution in [0, 0.1) is 0 Å². The largest absolute Gasteiger partial charge is 0.506 e. The van der Waals surface area contributed by atoms with E-state index in [1.807, 2.05) is 0 Å². The van der Waals surface area contributed by atoms with E-state index in [0.29, 0.717) is 19.5 Å². The van der Waals surface area contributed by atoms with Gasteiger partial charge < -0.3 is 20.3 Å². The number of ether oxygens (including phenoxy) is 1.